The Morgan fingerprint density at radius 1 is 1.03 bits per heavy atom. The van der Waals surface area contributed by atoms with Crippen LogP contribution in [-0.4, -0.2) is 43.1 Å². The van der Waals surface area contributed by atoms with Crippen LogP contribution in [0.3, 0.4) is 0 Å². The number of rotatable bonds is 6. The van der Waals surface area contributed by atoms with Crippen molar-refractivity contribution in [1.82, 2.24) is 9.97 Å². The summed E-state index contributed by atoms with van der Waals surface area (Å²) in [5, 5.41) is 0.573. The number of nitrogens with zero attached hydrogens (tertiary/aromatic N) is 3. The summed E-state index contributed by atoms with van der Waals surface area (Å²) < 4.78 is 46.6. The monoisotopic (exact) mass is 517 g/mol. The number of aromatic nitrogens is 2. The third-order valence-electron chi connectivity index (χ3n) is 5.57. The molecule has 0 saturated heterocycles. The van der Waals surface area contributed by atoms with Crippen LogP contribution in [0.15, 0.2) is 67.0 Å². The predicted molar refractivity (Wildman–Crippen MR) is 139 cm³/mol. The van der Waals surface area contributed by atoms with Crippen LogP contribution in [0.2, 0.25) is 0 Å². The average molecular weight is 518 g/mol. The molecule has 2 heterocycles. The lowest BCUT2D eigenvalue weighted by Gasteiger charge is -2.23. The Morgan fingerprint density at radius 2 is 1.81 bits per heavy atom. The molecule has 0 bridgehead atoms. The van der Waals surface area contributed by atoms with Gasteiger partial charge in [0.25, 0.3) is 0 Å². The number of hydrogen-bond donors (Lipinski definition) is 1. The maximum Gasteiger partial charge on any atom is 0.364 e. The molecule has 4 aromatic rings. The van der Waals surface area contributed by atoms with Crippen LogP contribution in [-0.2, 0) is 21.5 Å². The summed E-state index contributed by atoms with van der Waals surface area (Å²) in [4.78, 5) is 20.5. The Bertz CT molecular complexity index is 1660. The zero-order chi connectivity index (χ0) is 26.6. The minimum absolute atomic E-state index is 0.129. The molecule has 0 aliphatic rings. The first kappa shape index (κ1) is 25.6. The topological polar surface area (TPSA) is 119 Å². The van der Waals surface area contributed by atoms with Gasteiger partial charge in [0.15, 0.2) is 5.69 Å². The van der Waals surface area contributed by atoms with E-state index < -0.39 is 16.3 Å². The maximum atomic E-state index is 12.7. The van der Waals surface area contributed by atoms with E-state index in [1.807, 2.05) is 6.92 Å². The van der Waals surface area contributed by atoms with Crippen molar-refractivity contribution < 1.29 is 27.2 Å². The van der Waals surface area contributed by atoms with Crippen LogP contribution in [0.1, 0.15) is 34.1 Å². The molecule has 0 aliphatic carbocycles. The van der Waals surface area contributed by atoms with Gasteiger partial charge in [0.05, 0.1) is 31.1 Å². The van der Waals surface area contributed by atoms with Crippen molar-refractivity contribution in [1.29, 1.82) is 0 Å². The highest BCUT2D eigenvalue weighted by molar-refractivity contribution is 7.87. The number of esters is 1. The molecule has 0 amide bonds. The number of benzene rings is 2. The van der Waals surface area contributed by atoms with Crippen molar-refractivity contribution in [3.63, 3.8) is 0 Å². The molecule has 37 heavy (non-hydrogen) atoms. The van der Waals surface area contributed by atoms with Crippen molar-refractivity contribution in [2.75, 3.05) is 18.5 Å². The van der Waals surface area contributed by atoms with Gasteiger partial charge in [-0.1, -0.05) is 30.9 Å². The van der Waals surface area contributed by atoms with E-state index in [-0.39, 0.29) is 17.1 Å². The van der Waals surface area contributed by atoms with Crippen molar-refractivity contribution in [2.24, 2.45) is 0 Å². The minimum atomic E-state index is -4.80. The Kier molecular flexibility index (Phi) is 7.38. The van der Waals surface area contributed by atoms with Crippen LogP contribution in [0.25, 0.3) is 10.9 Å². The van der Waals surface area contributed by atoms with E-state index in [4.69, 9.17) is 9.47 Å². The van der Waals surface area contributed by atoms with Crippen LogP contribution >= 0.6 is 0 Å². The standard InChI is InChI=1S/C27H23N3O6S/c1-4-19-16-18(17-29-25(19)27(31)36-3)11-12-20-8-5-6-10-22(20)30(37(32,33)34)23-13-14-24(35-2)21-9-7-15-28-26(21)23/h5-10,13-17H,4H2,1-3H3,(H,32,33,34). The highest BCUT2D eigenvalue weighted by atomic mass is 32.2. The van der Waals surface area contributed by atoms with Gasteiger partial charge in [0, 0.05) is 28.9 Å². The molecule has 0 unspecified atom stereocenters. The van der Waals surface area contributed by atoms with Gasteiger partial charge in [-0.3, -0.25) is 9.54 Å². The molecular weight excluding hydrogens is 494 g/mol. The third-order valence-corrected chi connectivity index (χ3v) is 6.42. The number of methoxy groups -OCH3 is 2. The molecule has 0 fully saturated rings. The summed E-state index contributed by atoms with van der Waals surface area (Å²) in [6, 6.07) is 14.8. The molecule has 2 aromatic heterocycles. The minimum Gasteiger partial charge on any atom is -0.496 e. The number of pyridine rings is 2. The van der Waals surface area contributed by atoms with E-state index in [2.05, 4.69) is 21.8 Å². The summed E-state index contributed by atoms with van der Waals surface area (Å²) in [5.74, 6) is 5.91. The smallest absolute Gasteiger partial charge is 0.364 e. The fourth-order valence-corrected chi connectivity index (χ4v) is 4.68. The highest BCUT2D eigenvalue weighted by Crippen LogP contribution is 2.38. The molecular formula is C27H23N3O6S. The van der Waals surface area contributed by atoms with Gasteiger partial charge in [-0.05, 0) is 54.4 Å². The Morgan fingerprint density at radius 3 is 2.51 bits per heavy atom. The second-order valence-corrected chi connectivity index (χ2v) is 9.03. The maximum absolute atomic E-state index is 12.7. The fourth-order valence-electron chi connectivity index (χ4n) is 3.88. The molecule has 4 rings (SSSR count). The second kappa shape index (κ2) is 10.7. The van der Waals surface area contributed by atoms with Crippen molar-refractivity contribution in [2.45, 2.75) is 13.3 Å². The lowest BCUT2D eigenvalue weighted by molar-refractivity contribution is 0.0592. The van der Waals surface area contributed by atoms with Crippen LogP contribution < -0.4 is 9.04 Å². The second-order valence-electron chi connectivity index (χ2n) is 7.77. The number of anilines is 2. The molecule has 188 valence electrons. The third kappa shape index (κ3) is 5.23. The molecule has 0 aliphatic heterocycles. The molecule has 0 radical (unpaired) electrons. The highest BCUT2D eigenvalue weighted by Gasteiger charge is 2.27. The number of carbonyl (C=O) groups excluding carboxylic acids is 1. The SMILES string of the molecule is CCc1cc(C#Cc2ccccc2N(c2ccc(OC)c3cccnc23)S(=O)(=O)O)cnc1C(=O)OC. The van der Waals surface area contributed by atoms with E-state index in [1.165, 1.54) is 38.7 Å². The molecule has 1 N–H and O–H groups in total. The first-order chi connectivity index (χ1) is 17.8. The molecule has 10 heteroatoms. The van der Waals surface area contributed by atoms with Crippen molar-refractivity contribution in [3.8, 4) is 17.6 Å². The lowest BCUT2D eigenvalue weighted by atomic mass is 10.1. The van der Waals surface area contributed by atoms with Crippen molar-refractivity contribution >= 4 is 38.6 Å². The van der Waals surface area contributed by atoms with Gasteiger partial charge < -0.3 is 9.47 Å². The number of ether oxygens (including phenoxy) is 2. The van der Waals surface area contributed by atoms with E-state index in [1.54, 1.807) is 42.5 Å². The van der Waals surface area contributed by atoms with Crippen LogP contribution in [0.4, 0.5) is 11.4 Å². The predicted octanol–water partition coefficient (Wildman–Crippen LogP) is 4.33. The molecule has 9 nitrogen and oxygen atoms in total. The number of fused-ring (bicyclic) bond motifs is 1. The van der Waals surface area contributed by atoms with Gasteiger partial charge in [0.2, 0.25) is 0 Å². The number of para-hydroxylation sites is 1. The van der Waals surface area contributed by atoms with Gasteiger partial charge >= 0.3 is 16.3 Å². The molecule has 0 saturated carbocycles. The van der Waals surface area contributed by atoms with Gasteiger partial charge in [0.1, 0.15) is 5.75 Å². The number of hydrogen-bond acceptors (Lipinski definition) is 7. The van der Waals surface area contributed by atoms with Gasteiger partial charge in [-0.25, -0.2) is 14.1 Å². The van der Waals surface area contributed by atoms with E-state index in [0.29, 0.717) is 39.8 Å². The zero-order valence-electron chi connectivity index (χ0n) is 20.3. The quantitative estimate of drug-likeness (QED) is 0.228. The Labute approximate surface area is 214 Å². The molecule has 2 aromatic carbocycles. The summed E-state index contributed by atoms with van der Waals surface area (Å²) in [5.41, 5.74) is 2.31. The van der Waals surface area contributed by atoms with E-state index >= 15 is 0 Å². The van der Waals surface area contributed by atoms with Crippen LogP contribution in [0, 0.1) is 11.8 Å². The van der Waals surface area contributed by atoms with Gasteiger partial charge in [-0.15, -0.1) is 0 Å². The number of carbonyl (C=O) groups is 1. The normalized spacial score (nSPS) is 10.9. The molecule has 0 spiro atoms. The lowest BCUT2D eigenvalue weighted by Crippen LogP contribution is -2.26. The van der Waals surface area contributed by atoms with Gasteiger partial charge in [-0.2, -0.15) is 8.42 Å². The summed E-state index contributed by atoms with van der Waals surface area (Å²) in [6.45, 7) is 1.88. The fraction of sp³-hybridized carbons (Fsp3) is 0.148. The number of aryl methyl sites for hydroxylation is 1. The zero-order valence-corrected chi connectivity index (χ0v) is 21.1. The van der Waals surface area contributed by atoms with Crippen molar-refractivity contribution in [3.05, 3.63) is 89.4 Å². The van der Waals surface area contributed by atoms with E-state index in [9.17, 15) is 17.8 Å². The summed E-state index contributed by atoms with van der Waals surface area (Å²) in [6.07, 6.45) is 3.51. The van der Waals surface area contributed by atoms with Crippen LogP contribution in [0.5, 0.6) is 5.75 Å². The summed E-state index contributed by atoms with van der Waals surface area (Å²) in [7, 11) is -2.00. The largest absolute Gasteiger partial charge is 0.496 e. The molecule has 0 atom stereocenters. The Hall–Kier alpha value is -4.46. The van der Waals surface area contributed by atoms with E-state index in [0.717, 1.165) is 4.31 Å². The summed E-state index contributed by atoms with van der Waals surface area (Å²) >= 11 is 0. The Balaban J connectivity index is 1.86. The first-order valence-electron chi connectivity index (χ1n) is 11.2. The first-order valence-corrected chi connectivity index (χ1v) is 12.6. The average Bonchev–Trinajstić information content (AvgIpc) is 2.91.